The third kappa shape index (κ3) is 4.78. The minimum absolute atomic E-state index is 0.0512. The normalized spacial score (nSPS) is 26.5. The van der Waals surface area contributed by atoms with Crippen molar-refractivity contribution in [1.29, 1.82) is 0 Å². The third-order valence-corrected chi connectivity index (χ3v) is 6.70. The number of benzene rings is 1. The molecule has 0 spiro atoms. The van der Waals surface area contributed by atoms with Crippen LogP contribution >= 0.6 is 0 Å². The van der Waals surface area contributed by atoms with Crippen LogP contribution in [0.1, 0.15) is 51.0 Å². The van der Waals surface area contributed by atoms with Crippen molar-refractivity contribution in [3.05, 3.63) is 23.8 Å². The summed E-state index contributed by atoms with van der Waals surface area (Å²) in [6.45, 7) is 7.75. The molecule has 0 radical (unpaired) electrons. The number of rotatable bonds is 5. The van der Waals surface area contributed by atoms with E-state index < -0.39 is 0 Å². The summed E-state index contributed by atoms with van der Waals surface area (Å²) in [5, 5.41) is 3.34. The van der Waals surface area contributed by atoms with Crippen LogP contribution in [0.4, 0.5) is 0 Å². The number of amides is 1. The Morgan fingerprint density at radius 1 is 1.07 bits per heavy atom. The molecule has 1 saturated heterocycles. The molecule has 1 aliphatic carbocycles. The number of ether oxygens (including phenoxy) is 2. The molecule has 154 valence electrons. The number of hydrogen-bond acceptors (Lipinski definition) is 3. The highest BCUT2D eigenvalue weighted by Gasteiger charge is 2.32. The molecule has 2 heterocycles. The number of quaternary nitrogens is 2. The molecule has 4 rings (SSSR count). The van der Waals surface area contributed by atoms with Gasteiger partial charge in [0.2, 0.25) is 6.79 Å². The number of piperazine rings is 1. The quantitative estimate of drug-likeness (QED) is 0.618. The number of nitrogens with one attached hydrogen (secondary N) is 3. The number of fused-ring (bicyclic) bond motifs is 1. The Morgan fingerprint density at radius 2 is 1.79 bits per heavy atom. The Bertz CT molecular complexity index is 665. The van der Waals surface area contributed by atoms with Crippen molar-refractivity contribution in [3.63, 3.8) is 0 Å². The van der Waals surface area contributed by atoms with E-state index in [4.69, 9.17) is 9.47 Å². The van der Waals surface area contributed by atoms with Gasteiger partial charge in [-0.05, 0) is 38.0 Å². The lowest BCUT2D eigenvalue weighted by molar-refractivity contribution is -1.02. The molecule has 1 aromatic carbocycles. The van der Waals surface area contributed by atoms with Crippen LogP contribution in [0.3, 0.4) is 0 Å². The molecule has 3 N–H and O–H groups in total. The average Bonchev–Trinajstić information content (AvgIpc) is 3.03. The van der Waals surface area contributed by atoms with Gasteiger partial charge >= 0.3 is 0 Å². The van der Waals surface area contributed by atoms with Gasteiger partial charge in [0.15, 0.2) is 17.5 Å². The second-order valence-corrected chi connectivity index (χ2v) is 8.69. The minimum Gasteiger partial charge on any atom is -0.454 e. The number of hydrogen-bond donors (Lipinski definition) is 3. The van der Waals surface area contributed by atoms with Gasteiger partial charge in [-0.2, -0.15) is 0 Å². The molecule has 28 heavy (non-hydrogen) atoms. The third-order valence-electron chi connectivity index (χ3n) is 6.70. The summed E-state index contributed by atoms with van der Waals surface area (Å²) in [4.78, 5) is 15.8. The summed E-state index contributed by atoms with van der Waals surface area (Å²) >= 11 is 0. The lowest BCUT2D eigenvalue weighted by Crippen LogP contribution is -3.29. The Kier molecular flexibility index (Phi) is 6.37. The summed E-state index contributed by atoms with van der Waals surface area (Å²) in [7, 11) is 0. The topological polar surface area (TPSA) is 56.4 Å². The van der Waals surface area contributed by atoms with Crippen molar-refractivity contribution in [3.8, 4) is 11.5 Å². The molecule has 2 fully saturated rings. The molecule has 1 atom stereocenters. The molecule has 1 aromatic rings. The van der Waals surface area contributed by atoms with Gasteiger partial charge < -0.3 is 24.6 Å². The lowest BCUT2D eigenvalue weighted by atomic mass is 10.1. The predicted molar refractivity (Wildman–Crippen MR) is 107 cm³/mol. The molecule has 6 heteroatoms. The lowest BCUT2D eigenvalue weighted by Gasteiger charge is -2.33. The minimum atomic E-state index is 0.0512. The van der Waals surface area contributed by atoms with Gasteiger partial charge in [-0.1, -0.05) is 25.7 Å². The van der Waals surface area contributed by atoms with Crippen molar-refractivity contribution >= 4 is 5.91 Å². The Balaban J connectivity index is 1.23. The van der Waals surface area contributed by atoms with E-state index in [-0.39, 0.29) is 11.9 Å². The second kappa shape index (κ2) is 9.14. The molecule has 3 aliphatic rings. The van der Waals surface area contributed by atoms with E-state index in [0.29, 0.717) is 12.8 Å². The van der Waals surface area contributed by atoms with Crippen molar-refractivity contribution < 1.29 is 24.1 Å². The van der Waals surface area contributed by atoms with Crippen LogP contribution in [-0.2, 0) is 11.3 Å². The predicted octanol–water partition coefficient (Wildman–Crippen LogP) is -0.0738. The fraction of sp³-hybridized carbons (Fsp3) is 0.682. The molecule has 0 bridgehead atoms. The highest BCUT2D eigenvalue weighted by Crippen LogP contribution is 2.32. The molecule has 0 aromatic heterocycles. The van der Waals surface area contributed by atoms with E-state index in [1.54, 1.807) is 4.90 Å². The van der Waals surface area contributed by atoms with Gasteiger partial charge in [0.05, 0.1) is 0 Å². The number of carbonyl (C=O) groups is 1. The van der Waals surface area contributed by atoms with E-state index in [1.807, 2.05) is 6.07 Å². The summed E-state index contributed by atoms with van der Waals surface area (Å²) in [6, 6.07) is 6.71. The molecule has 1 amide bonds. The first-order chi connectivity index (χ1) is 13.7. The van der Waals surface area contributed by atoms with Crippen LogP contribution in [0.5, 0.6) is 11.5 Å². The Hall–Kier alpha value is -1.79. The van der Waals surface area contributed by atoms with Crippen LogP contribution in [-0.4, -0.2) is 51.0 Å². The first-order valence-electron chi connectivity index (χ1n) is 11.1. The summed E-state index contributed by atoms with van der Waals surface area (Å²) in [5.74, 6) is 1.97. The van der Waals surface area contributed by atoms with Crippen LogP contribution in [0.2, 0.25) is 0 Å². The van der Waals surface area contributed by atoms with Crippen LogP contribution < -0.4 is 24.6 Å². The molecular formula is C22H35N3O3+2. The van der Waals surface area contributed by atoms with E-state index >= 15 is 0 Å². The van der Waals surface area contributed by atoms with Gasteiger partial charge in [-0.3, -0.25) is 4.79 Å². The smallest absolute Gasteiger partial charge is 0.278 e. The molecular weight excluding hydrogens is 354 g/mol. The first-order valence-corrected chi connectivity index (χ1v) is 11.1. The second-order valence-electron chi connectivity index (χ2n) is 8.69. The van der Waals surface area contributed by atoms with Gasteiger partial charge in [0.1, 0.15) is 32.7 Å². The molecule has 2 aliphatic heterocycles. The van der Waals surface area contributed by atoms with E-state index in [2.05, 4.69) is 24.4 Å². The fourth-order valence-corrected chi connectivity index (χ4v) is 4.81. The fourth-order valence-electron chi connectivity index (χ4n) is 4.81. The largest absolute Gasteiger partial charge is 0.454 e. The van der Waals surface area contributed by atoms with Crippen molar-refractivity contribution in [2.24, 2.45) is 0 Å². The van der Waals surface area contributed by atoms with Crippen molar-refractivity contribution in [1.82, 2.24) is 5.32 Å². The van der Waals surface area contributed by atoms with Crippen LogP contribution in [0, 0.1) is 0 Å². The van der Waals surface area contributed by atoms with Crippen molar-refractivity contribution in [2.75, 3.05) is 33.0 Å². The van der Waals surface area contributed by atoms with Crippen LogP contribution in [0.25, 0.3) is 0 Å². The monoisotopic (exact) mass is 389 g/mol. The average molecular weight is 390 g/mol. The Morgan fingerprint density at radius 3 is 2.54 bits per heavy atom. The zero-order chi connectivity index (χ0) is 19.3. The van der Waals surface area contributed by atoms with E-state index in [1.165, 1.54) is 36.1 Å². The summed E-state index contributed by atoms with van der Waals surface area (Å²) in [6.07, 6.45) is 7.47. The zero-order valence-electron chi connectivity index (χ0n) is 17.1. The van der Waals surface area contributed by atoms with Gasteiger partial charge in [-0.25, -0.2) is 0 Å². The van der Waals surface area contributed by atoms with E-state index in [9.17, 15) is 4.79 Å². The van der Waals surface area contributed by atoms with Gasteiger partial charge in [0.25, 0.3) is 5.91 Å². The molecule has 6 nitrogen and oxygen atoms in total. The SMILES string of the molecule is C[C@@H](C(=O)NC1CCCCCC1)[NH+]1CC[NH+](Cc2ccc3c(c2)OCO3)CC1. The highest BCUT2D eigenvalue weighted by atomic mass is 16.7. The Labute approximate surface area is 168 Å². The standard InChI is InChI=1S/C22H33N3O3/c1-17(22(26)23-19-6-4-2-3-5-7-19)25-12-10-24(11-13-25)15-18-8-9-20-21(14-18)28-16-27-20/h8-9,14,17,19H,2-7,10-13,15-16H2,1H3,(H,23,26)/p+2/t17-/m0/s1. The van der Waals surface area contributed by atoms with Crippen LogP contribution in [0.15, 0.2) is 18.2 Å². The zero-order valence-corrected chi connectivity index (χ0v) is 17.1. The summed E-state index contributed by atoms with van der Waals surface area (Å²) < 4.78 is 10.9. The van der Waals surface area contributed by atoms with Crippen molar-refractivity contribution in [2.45, 2.75) is 64.1 Å². The maximum Gasteiger partial charge on any atom is 0.278 e. The maximum atomic E-state index is 12.7. The first kappa shape index (κ1) is 19.5. The van der Waals surface area contributed by atoms with Gasteiger partial charge in [0, 0.05) is 11.6 Å². The molecule has 0 unspecified atom stereocenters. The highest BCUT2D eigenvalue weighted by molar-refractivity contribution is 5.80. The van der Waals surface area contributed by atoms with E-state index in [0.717, 1.165) is 57.1 Å². The number of carbonyl (C=O) groups excluding carboxylic acids is 1. The summed E-state index contributed by atoms with van der Waals surface area (Å²) in [5.41, 5.74) is 1.29. The molecule has 1 saturated carbocycles. The van der Waals surface area contributed by atoms with Gasteiger partial charge in [-0.15, -0.1) is 0 Å². The maximum absolute atomic E-state index is 12.7.